The largest absolute Gasteiger partial charge is 0.508 e. The molecule has 39 heteroatoms. The number of rotatable bonds is 14. The maximum atomic E-state index is 14.0. The molecule has 2 amide bonds. The second kappa shape index (κ2) is 39.0. The van der Waals surface area contributed by atoms with Crippen LogP contribution < -0.4 is 22.1 Å². The summed E-state index contributed by atoms with van der Waals surface area (Å²) in [5.41, 5.74) is 21.8. The minimum atomic E-state index is -0.595. The lowest BCUT2D eigenvalue weighted by Gasteiger charge is -2.24. The number of Topliss-reactive ketones (excluding diaryl/α,β-unsaturated/α-hetero) is 1. The van der Waals surface area contributed by atoms with E-state index in [9.17, 15) is 28.3 Å². The fourth-order valence-corrected chi connectivity index (χ4v) is 14.7. The van der Waals surface area contributed by atoms with Crippen molar-refractivity contribution in [2.45, 2.75) is 43.9 Å². The number of nitrogens with zero attached hydrogens (tertiary/aromatic N) is 10. The van der Waals surface area contributed by atoms with Crippen LogP contribution in [0.4, 0.5) is 31.9 Å². The SMILES string of the molecule is Cc1cccc(F)c1C(=O)Nc1cnc(-c2cc3oc(C4COC4)nc3cc2Cl)cn1.Cc1cccc(F)c1C(=O)Nc1cnc(-c2cc3oc(C4COC4)nc3cc2Cl)cn1.Clc1cc2nc(C3COC3)oc2cc1Br.Nc1cc(Cl)c(Br)cc1O.Nc1cnc(-c2cc3oc(C4COC4)nc3cc2Cl)cn1.O=C(Cc1cc(Cl)c(Br)cc1O)C1COC1. The molecule has 0 atom stereocenters. The molecule has 7 aromatic heterocycles. The van der Waals surface area contributed by atoms with Crippen LogP contribution in [-0.2, 0) is 34.9 Å². The Bertz CT molecular complexity index is 6210. The first-order valence-electron chi connectivity index (χ1n) is 37.5. The summed E-state index contributed by atoms with van der Waals surface area (Å²) in [6.45, 7) is 9.38. The lowest BCUT2D eigenvalue weighted by molar-refractivity contribution is -0.135. The van der Waals surface area contributed by atoms with Gasteiger partial charge >= 0.3 is 0 Å². The number of nitrogens with two attached hydrogens (primary N) is 2. The van der Waals surface area contributed by atoms with Gasteiger partial charge in [-0.15, -0.1) is 0 Å². The van der Waals surface area contributed by atoms with E-state index in [0.29, 0.717) is 207 Å². The number of hydrogen-bond donors (Lipinski definition) is 6. The number of carbonyl (C=O) groups excluding carboxylic acids is 3. The van der Waals surface area contributed by atoms with Crippen molar-refractivity contribution in [3.8, 4) is 45.3 Å². The maximum absolute atomic E-state index is 14.0. The minimum absolute atomic E-state index is 0.0261. The first-order valence-corrected chi connectivity index (χ1v) is 42.2. The van der Waals surface area contributed by atoms with E-state index >= 15 is 0 Å². The Labute approximate surface area is 757 Å². The lowest BCUT2D eigenvalue weighted by Crippen LogP contribution is -2.35. The van der Waals surface area contributed by atoms with E-state index < -0.39 is 23.4 Å². The number of nitrogen functional groups attached to an aromatic ring is 2. The first kappa shape index (κ1) is 88.4. The first-order chi connectivity index (χ1) is 59.6. The van der Waals surface area contributed by atoms with E-state index in [4.69, 9.17) is 128 Å². The van der Waals surface area contributed by atoms with E-state index in [0.717, 1.165) is 32.5 Å². The Morgan fingerprint density at radius 1 is 0.427 bits per heavy atom. The van der Waals surface area contributed by atoms with Crippen LogP contribution in [0.5, 0.6) is 11.5 Å². The van der Waals surface area contributed by atoms with Crippen molar-refractivity contribution in [2.24, 2.45) is 5.92 Å². The van der Waals surface area contributed by atoms with Crippen LogP contribution in [0.3, 0.4) is 0 Å². The molecule has 15 aromatic rings. The molecule has 0 bridgehead atoms. The molecule has 20 rings (SSSR count). The number of aryl methyl sites for hydroxylation is 2. The van der Waals surface area contributed by atoms with Gasteiger partial charge in [0.15, 0.2) is 34.0 Å². The van der Waals surface area contributed by atoms with Gasteiger partial charge in [-0.25, -0.2) is 43.7 Å². The summed E-state index contributed by atoms with van der Waals surface area (Å²) >= 11 is 46.4. The summed E-state index contributed by atoms with van der Waals surface area (Å²) in [5.74, 6) is 2.10. The maximum Gasteiger partial charge on any atom is 0.260 e. The molecule has 0 radical (unpaired) electrons. The summed E-state index contributed by atoms with van der Waals surface area (Å²) in [7, 11) is 0. The third-order valence-electron chi connectivity index (χ3n) is 19.7. The molecule has 5 saturated heterocycles. The Morgan fingerprint density at radius 2 is 0.774 bits per heavy atom. The molecule has 8 N–H and O–H groups in total. The molecule has 8 aromatic carbocycles. The molecule has 124 heavy (non-hydrogen) atoms. The van der Waals surface area contributed by atoms with Crippen molar-refractivity contribution in [3.05, 3.63) is 253 Å². The number of carbonyl (C=O) groups is 3. The number of phenolic OH excluding ortho intramolecular Hbond substituents is 2. The monoisotopic (exact) mass is 1990 g/mol. The van der Waals surface area contributed by atoms with E-state index in [2.05, 4.69) is 108 Å². The van der Waals surface area contributed by atoms with Crippen molar-refractivity contribution in [1.29, 1.82) is 0 Å². The molecule has 0 saturated carbocycles. The number of aromatic hydroxyl groups is 2. The average molecular weight is 2000 g/mol. The van der Waals surface area contributed by atoms with E-state index in [1.165, 1.54) is 61.3 Å². The Kier molecular flexibility index (Phi) is 27.8. The van der Waals surface area contributed by atoms with Gasteiger partial charge in [0.05, 0.1) is 197 Å². The van der Waals surface area contributed by atoms with Crippen molar-refractivity contribution in [2.75, 3.05) is 88.2 Å². The number of oxazole rings is 4. The van der Waals surface area contributed by atoms with Crippen LogP contribution in [0.2, 0.25) is 30.1 Å². The molecule has 5 aliphatic rings. The number of fused-ring (bicyclic) bond motifs is 4. The smallest absolute Gasteiger partial charge is 0.260 e. The summed E-state index contributed by atoms with van der Waals surface area (Å²) in [6.07, 6.45) is 9.02. The highest BCUT2D eigenvalue weighted by Crippen LogP contribution is 2.41. The predicted molar refractivity (Wildman–Crippen MR) is 473 cm³/mol. The molecule has 0 unspecified atom stereocenters. The number of ketones is 1. The van der Waals surface area contributed by atoms with Crippen molar-refractivity contribution >= 4 is 203 Å². The van der Waals surface area contributed by atoms with Gasteiger partial charge in [0.25, 0.3) is 11.8 Å². The van der Waals surface area contributed by atoms with Gasteiger partial charge in [0, 0.05) is 42.1 Å². The van der Waals surface area contributed by atoms with Crippen molar-refractivity contribution < 1.29 is 74.7 Å². The van der Waals surface area contributed by atoms with Gasteiger partial charge < -0.3 is 73.7 Å². The highest BCUT2D eigenvalue weighted by atomic mass is 79.9. The molecule has 28 nitrogen and oxygen atoms in total. The zero-order chi connectivity index (χ0) is 87.3. The Morgan fingerprint density at radius 3 is 1.11 bits per heavy atom. The number of ether oxygens (including phenoxy) is 5. The zero-order valence-electron chi connectivity index (χ0n) is 64.6. The molecule has 5 fully saturated rings. The molecular formula is C85H65Br3Cl6F2N14O14. The quantitative estimate of drug-likeness (QED) is 0.0435. The molecular weight excluding hydrogens is 1930 g/mol. The molecule has 5 aliphatic heterocycles. The molecule has 636 valence electrons. The van der Waals surface area contributed by atoms with E-state index in [1.54, 1.807) is 86.8 Å². The predicted octanol–water partition coefficient (Wildman–Crippen LogP) is 20.5. The van der Waals surface area contributed by atoms with Crippen LogP contribution >= 0.6 is 117 Å². The van der Waals surface area contributed by atoms with Gasteiger partial charge in [-0.1, -0.05) is 93.9 Å². The normalized spacial score (nSPS) is 14.4. The van der Waals surface area contributed by atoms with Gasteiger partial charge in [-0.2, -0.15) is 0 Å². The highest BCUT2D eigenvalue weighted by Gasteiger charge is 2.32. The Balaban J connectivity index is 0.000000120. The summed E-state index contributed by atoms with van der Waals surface area (Å²) in [4.78, 5) is 79.7. The fourth-order valence-electron chi connectivity index (χ4n) is 12.4. The number of phenols is 2. The van der Waals surface area contributed by atoms with Crippen LogP contribution in [0.1, 0.15) is 84.6 Å². The van der Waals surface area contributed by atoms with Gasteiger partial charge in [0.2, 0.25) is 23.6 Å². The van der Waals surface area contributed by atoms with Gasteiger partial charge in [-0.05, 0) is 158 Å². The van der Waals surface area contributed by atoms with Gasteiger partial charge in [0.1, 0.15) is 56.8 Å². The number of amides is 2. The summed E-state index contributed by atoms with van der Waals surface area (Å²) in [6, 6.07) is 29.2. The number of hydrogen-bond acceptors (Lipinski definition) is 26. The second-order valence-corrected chi connectivity index (χ2v) is 33.6. The number of benzene rings is 8. The number of anilines is 4. The number of aromatic nitrogens is 10. The average Bonchev–Trinajstić information content (AvgIpc) is 1.65. The Hall–Kier alpha value is -10.5. The van der Waals surface area contributed by atoms with Crippen molar-refractivity contribution in [3.63, 3.8) is 0 Å². The van der Waals surface area contributed by atoms with Gasteiger partial charge in [-0.3, -0.25) is 29.3 Å². The third kappa shape index (κ3) is 20.5. The molecule has 0 aliphatic carbocycles. The second-order valence-electron chi connectivity index (χ2n) is 28.5. The van der Waals surface area contributed by atoms with Crippen LogP contribution in [0.15, 0.2) is 177 Å². The summed E-state index contributed by atoms with van der Waals surface area (Å²) in [5, 5.41) is 26.9. The third-order valence-corrected chi connectivity index (χ3v) is 24.2. The molecule has 12 heterocycles. The van der Waals surface area contributed by atoms with Crippen molar-refractivity contribution in [1.82, 2.24) is 49.8 Å². The van der Waals surface area contributed by atoms with Crippen LogP contribution in [0, 0.1) is 31.4 Å². The van der Waals surface area contributed by atoms with Crippen LogP contribution in [-0.4, -0.2) is 144 Å². The zero-order valence-corrected chi connectivity index (χ0v) is 73.9. The lowest BCUT2D eigenvalue weighted by atomic mass is 9.96. The van der Waals surface area contributed by atoms with Crippen LogP contribution in [0.25, 0.3) is 78.2 Å². The number of nitrogens with one attached hydrogen (secondary N) is 2. The minimum Gasteiger partial charge on any atom is -0.508 e. The topological polar surface area (TPSA) is 395 Å². The van der Waals surface area contributed by atoms with E-state index in [1.807, 2.05) is 12.1 Å². The molecule has 0 spiro atoms. The van der Waals surface area contributed by atoms with E-state index in [-0.39, 0.29) is 75.8 Å². The number of halogens is 11. The standard InChI is InChI=1S/2C22H16ClFN4O3.C14H11ClN4O2.C11H10BrClO3.C10H7BrClNO2.C6H5BrClNO/c2*1-11-3-2-4-15(24)20(11)21(29)28-19-8-25-17(7-26-19)13-5-18-16(6-14(13)23)27-22(31-18)12-9-30-10-12;15-9-2-10-12(21-14(19-10)7-5-20-6-7)1-8(9)11-3-18-13(16)4-17-11;12-8-3-11(15)6(1-9(8)13)2-10(14)7-4-16-5-7;11-6-1-9-8(2-7(6)12)13-10(15-9)5-3-14-4-5;7-3-1-6(10)5(9)2-4(3)8/h2*2-8,12H,9-10H2,1H3,(H,26,28,29);1-4,7H,5-6H2,(H2,16,18);1,3,7,15H,2,4-5H2;1-2,5H,3-4H2;1-2,10H,9H2. The summed E-state index contributed by atoms with van der Waals surface area (Å²) < 4.78 is 78.8. The fraction of sp³-hybridized carbons (Fsp3) is 0.212. The highest BCUT2D eigenvalue weighted by molar-refractivity contribution is 9.11.